The minimum absolute atomic E-state index is 0. The maximum atomic E-state index is 12.0. The summed E-state index contributed by atoms with van der Waals surface area (Å²) < 4.78 is 12.0. The average Bonchev–Trinajstić information content (AvgIpc) is 1.64. The van der Waals surface area contributed by atoms with Gasteiger partial charge in [0.2, 0.25) is 0 Å². The van der Waals surface area contributed by atoms with Crippen LogP contribution in [0.3, 0.4) is 0 Å². The van der Waals surface area contributed by atoms with Crippen molar-refractivity contribution < 1.29 is 37.1 Å². The van der Waals surface area contributed by atoms with Crippen molar-refractivity contribution in [1.29, 1.82) is 0 Å². The summed E-state index contributed by atoms with van der Waals surface area (Å²) in [6.07, 6.45) is 2.40. The van der Waals surface area contributed by atoms with Crippen molar-refractivity contribution in [2.45, 2.75) is 6.92 Å². The molecule has 0 spiro atoms. The van der Waals surface area contributed by atoms with Crippen molar-refractivity contribution in [2.24, 2.45) is 0 Å². The Morgan fingerprint density at radius 2 is 2.33 bits per heavy atom. The number of pyridine rings is 1. The zero-order valence-electron chi connectivity index (χ0n) is 5.06. The van der Waals surface area contributed by atoms with Gasteiger partial charge in [-0.2, -0.15) is 11.6 Å². The van der Waals surface area contributed by atoms with Gasteiger partial charge in [-0.25, -0.2) is 0 Å². The van der Waals surface area contributed by atoms with E-state index in [9.17, 15) is 4.39 Å². The van der Waals surface area contributed by atoms with Gasteiger partial charge in [0.25, 0.3) is 0 Å². The fourth-order valence-corrected chi connectivity index (χ4v) is 0.458. The van der Waals surface area contributed by atoms with Gasteiger partial charge < -0.3 is 4.98 Å². The molecule has 1 heterocycles. The third-order valence-electron chi connectivity index (χ3n) is 0.810. The molecule has 0 atom stereocenters. The van der Waals surface area contributed by atoms with Gasteiger partial charge in [-0.05, 0) is 0 Å². The van der Waals surface area contributed by atoms with Gasteiger partial charge in [-0.1, -0.05) is 13.1 Å². The largest absolute Gasteiger partial charge is 0.361 e. The standard InChI is InChI=1S/C6H5FN.Y/c1-5-2-3-8-6(7)4-5;/h2,4H,1H3;/q-1;. The molecule has 0 aliphatic carbocycles. The predicted molar refractivity (Wildman–Crippen MR) is 27.8 cm³/mol. The van der Waals surface area contributed by atoms with Gasteiger partial charge in [-0.15, -0.1) is 6.07 Å². The molecular weight excluding hydrogens is 194 g/mol. The molecule has 1 aromatic rings. The summed E-state index contributed by atoms with van der Waals surface area (Å²) in [4.78, 5) is 3.25. The van der Waals surface area contributed by atoms with Crippen molar-refractivity contribution >= 4 is 0 Å². The van der Waals surface area contributed by atoms with Crippen molar-refractivity contribution in [1.82, 2.24) is 4.98 Å². The maximum Gasteiger partial charge on any atom is 0.0958 e. The first-order valence-corrected chi connectivity index (χ1v) is 2.29. The number of nitrogens with zero attached hydrogens (tertiary/aromatic N) is 1. The van der Waals surface area contributed by atoms with E-state index in [1.807, 2.05) is 0 Å². The second-order valence-corrected chi connectivity index (χ2v) is 1.60. The van der Waals surface area contributed by atoms with Gasteiger partial charge in [0.05, 0.1) is 5.95 Å². The molecule has 1 aromatic heterocycles. The molecule has 9 heavy (non-hydrogen) atoms. The van der Waals surface area contributed by atoms with Crippen LogP contribution in [0.25, 0.3) is 0 Å². The maximum absolute atomic E-state index is 12.0. The third kappa shape index (κ3) is 3.02. The summed E-state index contributed by atoms with van der Waals surface area (Å²) in [5.41, 5.74) is 0.845. The minimum Gasteiger partial charge on any atom is -0.361 e. The number of rotatable bonds is 0. The zero-order valence-corrected chi connectivity index (χ0v) is 7.90. The van der Waals surface area contributed by atoms with E-state index in [1.165, 1.54) is 6.07 Å². The third-order valence-corrected chi connectivity index (χ3v) is 0.810. The van der Waals surface area contributed by atoms with Crippen LogP contribution >= 0.6 is 0 Å². The van der Waals surface area contributed by atoms with E-state index >= 15 is 0 Å². The summed E-state index contributed by atoms with van der Waals surface area (Å²) in [6, 6.07) is 2.99. The molecule has 1 rings (SSSR count). The Balaban J connectivity index is 0.000000640. The summed E-state index contributed by atoms with van der Waals surface area (Å²) in [7, 11) is 0. The number of halogens is 1. The molecule has 0 saturated heterocycles. The van der Waals surface area contributed by atoms with Crippen LogP contribution in [0.2, 0.25) is 0 Å². The van der Waals surface area contributed by atoms with Gasteiger partial charge >= 0.3 is 0 Å². The number of hydrogen-bond donors (Lipinski definition) is 0. The van der Waals surface area contributed by atoms with E-state index in [2.05, 4.69) is 11.2 Å². The Morgan fingerprint density at radius 1 is 1.67 bits per heavy atom. The van der Waals surface area contributed by atoms with Crippen molar-refractivity contribution in [2.75, 3.05) is 0 Å². The minimum atomic E-state index is -0.468. The van der Waals surface area contributed by atoms with E-state index in [4.69, 9.17) is 0 Å². The number of hydrogen-bond acceptors (Lipinski definition) is 1. The molecular formula is C6H5FNY-. The Labute approximate surface area is 78.6 Å². The van der Waals surface area contributed by atoms with Crippen LogP contribution in [0.5, 0.6) is 0 Å². The van der Waals surface area contributed by atoms with E-state index in [1.54, 1.807) is 13.0 Å². The molecule has 3 heteroatoms. The van der Waals surface area contributed by atoms with Gasteiger partial charge in [0.1, 0.15) is 0 Å². The second kappa shape index (κ2) is 4.07. The fourth-order valence-electron chi connectivity index (χ4n) is 0.458. The number of aryl methyl sites for hydroxylation is 1. The molecule has 45 valence electrons. The molecule has 1 radical (unpaired) electrons. The normalized spacial score (nSPS) is 8.22. The fraction of sp³-hybridized carbons (Fsp3) is 0.167. The van der Waals surface area contributed by atoms with Crippen LogP contribution in [0.15, 0.2) is 12.1 Å². The van der Waals surface area contributed by atoms with E-state index < -0.39 is 5.95 Å². The summed E-state index contributed by atoms with van der Waals surface area (Å²) in [6.45, 7) is 1.79. The molecule has 0 bridgehead atoms. The Hall–Kier alpha value is 0.184. The van der Waals surface area contributed by atoms with Gasteiger partial charge in [0.15, 0.2) is 0 Å². The summed E-state index contributed by atoms with van der Waals surface area (Å²) >= 11 is 0. The SMILES string of the molecule is Cc1c[c-]nc(F)c1.[Y]. The molecule has 0 amide bonds. The molecule has 0 fully saturated rings. The van der Waals surface area contributed by atoms with Crippen LogP contribution in [-0.4, -0.2) is 4.98 Å². The summed E-state index contributed by atoms with van der Waals surface area (Å²) in [5.74, 6) is -0.468. The summed E-state index contributed by atoms with van der Waals surface area (Å²) in [5, 5.41) is 0. The molecule has 0 aromatic carbocycles. The monoisotopic (exact) mass is 199 g/mol. The zero-order chi connectivity index (χ0) is 5.98. The van der Waals surface area contributed by atoms with E-state index in [-0.39, 0.29) is 32.7 Å². The first kappa shape index (κ1) is 9.18. The molecule has 1 nitrogen and oxygen atoms in total. The topological polar surface area (TPSA) is 12.9 Å². The first-order valence-electron chi connectivity index (χ1n) is 2.29. The molecule has 0 aliphatic rings. The van der Waals surface area contributed by atoms with Crippen molar-refractivity contribution in [3.63, 3.8) is 0 Å². The second-order valence-electron chi connectivity index (χ2n) is 1.60. The van der Waals surface area contributed by atoms with Gasteiger partial charge in [-0.3, -0.25) is 4.39 Å². The quantitative estimate of drug-likeness (QED) is 0.453. The first-order chi connectivity index (χ1) is 3.79. The van der Waals surface area contributed by atoms with Gasteiger partial charge in [0, 0.05) is 32.7 Å². The Kier molecular flexibility index (Phi) is 4.16. The van der Waals surface area contributed by atoms with E-state index in [0.29, 0.717) is 0 Å². The smallest absolute Gasteiger partial charge is 0.0958 e. The van der Waals surface area contributed by atoms with E-state index in [0.717, 1.165) is 5.56 Å². The van der Waals surface area contributed by atoms with Crippen molar-refractivity contribution in [3.05, 3.63) is 29.8 Å². The van der Waals surface area contributed by atoms with Crippen LogP contribution in [-0.2, 0) is 32.7 Å². The van der Waals surface area contributed by atoms with Crippen LogP contribution in [0.1, 0.15) is 5.56 Å². The van der Waals surface area contributed by atoms with Crippen molar-refractivity contribution in [3.8, 4) is 0 Å². The van der Waals surface area contributed by atoms with Crippen LogP contribution < -0.4 is 0 Å². The predicted octanol–water partition coefficient (Wildman–Crippen LogP) is 1.33. The van der Waals surface area contributed by atoms with Crippen LogP contribution in [0, 0.1) is 19.1 Å². The molecule has 0 N–H and O–H groups in total. The Bertz CT molecular complexity index is 173. The number of aromatic nitrogens is 1. The average molecular weight is 199 g/mol. The van der Waals surface area contributed by atoms with Crippen LogP contribution in [0.4, 0.5) is 4.39 Å². The molecule has 0 unspecified atom stereocenters. The Morgan fingerprint density at radius 3 is 2.67 bits per heavy atom. The molecule has 0 saturated carbocycles. The molecule has 0 aliphatic heterocycles.